The third kappa shape index (κ3) is 12.6. The molecule has 68 valence electrons. The lowest BCUT2D eigenvalue weighted by Gasteiger charge is -2.01. The number of halogens is 3. The smallest absolute Gasteiger partial charge is 0.299 e. The Morgan fingerprint density at radius 2 is 1.64 bits per heavy atom. The molecule has 0 aliphatic heterocycles. The Morgan fingerprint density at radius 1 is 1.27 bits per heavy atom. The van der Waals surface area contributed by atoms with E-state index in [1.807, 2.05) is 13.8 Å². The summed E-state index contributed by atoms with van der Waals surface area (Å²) in [5, 5.41) is 0. The molecule has 0 aromatic rings. The van der Waals surface area contributed by atoms with Crippen molar-refractivity contribution in [1.29, 1.82) is 0 Å². The summed E-state index contributed by atoms with van der Waals surface area (Å²) in [6.45, 7) is 5.41. The molecule has 0 atom stereocenters. The fourth-order valence-electron chi connectivity index (χ4n) is 0.349. The zero-order valence-corrected chi connectivity index (χ0v) is 6.96. The van der Waals surface area contributed by atoms with Crippen molar-refractivity contribution in [2.24, 2.45) is 0 Å². The van der Waals surface area contributed by atoms with Gasteiger partial charge in [-0.1, -0.05) is 20.8 Å². The van der Waals surface area contributed by atoms with Gasteiger partial charge in [0.15, 0.2) is 0 Å². The predicted molar refractivity (Wildman–Crippen MR) is 37.3 cm³/mol. The molecule has 0 radical (unpaired) electrons. The molecule has 0 aliphatic carbocycles. The number of carbonyl (C=O) groups is 1. The molecule has 0 aromatic heterocycles. The van der Waals surface area contributed by atoms with Gasteiger partial charge in [0.25, 0.3) is 0 Å². The number of carbonyl (C=O) groups excluding carboxylic acids is 1. The average molecular weight is 170 g/mol. The molecule has 0 unspecified atom stereocenters. The van der Waals surface area contributed by atoms with Gasteiger partial charge in [0.05, 0.1) is 0 Å². The minimum absolute atomic E-state index is 0.0422. The highest BCUT2D eigenvalue weighted by Crippen LogP contribution is 2.19. The highest BCUT2D eigenvalue weighted by atomic mass is 19.4. The first-order valence-corrected chi connectivity index (χ1v) is 3.54. The predicted octanol–water partition coefficient (Wildman–Crippen LogP) is 2.94. The van der Waals surface area contributed by atoms with Crippen LogP contribution in [-0.4, -0.2) is 12.0 Å². The van der Waals surface area contributed by atoms with E-state index in [2.05, 4.69) is 0 Å². The second kappa shape index (κ2) is 6.19. The van der Waals surface area contributed by atoms with Gasteiger partial charge < -0.3 is 0 Å². The van der Waals surface area contributed by atoms with Gasteiger partial charge in [-0.25, -0.2) is 0 Å². The molecular formula is C7H13F3O. The number of rotatable bonds is 2. The van der Waals surface area contributed by atoms with E-state index < -0.39 is 18.4 Å². The summed E-state index contributed by atoms with van der Waals surface area (Å²) in [4.78, 5) is 10.1. The van der Waals surface area contributed by atoms with E-state index in [-0.39, 0.29) is 6.42 Å². The number of hydrogen-bond acceptors (Lipinski definition) is 1. The second-order valence-corrected chi connectivity index (χ2v) is 1.68. The van der Waals surface area contributed by atoms with Crippen LogP contribution in [0, 0.1) is 0 Å². The van der Waals surface area contributed by atoms with Crippen molar-refractivity contribution < 1.29 is 18.0 Å². The monoisotopic (exact) mass is 170 g/mol. The number of alkyl halides is 3. The van der Waals surface area contributed by atoms with Crippen LogP contribution in [0.1, 0.15) is 33.6 Å². The molecular weight excluding hydrogens is 157 g/mol. The lowest BCUT2D eigenvalue weighted by molar-refractivity contribution is -0.152. The fraction of sp³-hybridized carbons (Fsp3) is 0.857. The molecule has 0 saturated carbocycles. The third-order valence-corrected chi connectivity index (χ3v) is 0.792. The van der Waals surface area contributed by atoms with Crippen LogP contribution in [0.4, 0.5) is 13.2 Å². The third-order valence-electron chi connectivity index (χ3n) is 0.792. The molecule has 0 amide bonds. The SMILES string of the molecule is CC.CCC(=O)CC(F)(F)F. The Hall–Kier alpha value is -0.540. The highest BCUT2D eigenvalue weighted by Gasteiger charge is 2.29. The van der Waals surface area contributed by atoms with Gasteiger partial charge in [-0.2, -0.15) is 13.2 Å². The Balaban J connectivity index is 0. The summed E-state index contributed by atoms with van der Waals surface area (Å²) < 4.78 is 33.8. The number of Topliss-reactive ketones (excluding diaryl/α,β-unsaturated/α-hetero) is 1. The molecule has 0 spiro atoms. The molecule has 0 N–H and O–H groups in total. The van der Waals surface area contributed by atoms with Crippen LogP contribution >= 0.6 is 0 Å². The van der Waals surface area contributed by atoms with Gasteiger partial charge >= 0.3 is 6.18 Å². The Morgan fingerprint density at radius 3 is 1.73 bits per heavy atom. The minimum atomic E-state index is -4.33. The largest absolute Gasteiger partial charge is 0.395 e. The maximum Gasteiger partial charge on any atom is 0.395 e. The summed E-state index contributed by atoms with van der Waals surface area (Å²) in [7, 11) is 0. The molecule has 0 fully saturated rings. The van der Waals surface area contributed by atoms with E-state index in [0.29, 0.717) is 0 Å². The van der Waals surface area contributed by atoms with Crippen LogP contribution in [0.2, 0.25) is 0 Å². The maximum absolute atomic E-state index is 11.3. The van der Waals surface area contributed by atoms with E-state index in [0.717, 1.165) is 0 Å². The van der Waals surface area contributed by atoms with Crippen LogP contribution < -0.4 is 0 Å². The standard InChI is InChI=1S/C5H7F3O.C2H6/c1-2-4(9)3-5(6,7)8;1-2/h2-3H2,1H3;1-2H3. The molecule has 0 aliphatic rings. The molecule has 0 rings (SSSR count). The Labute approximate surface area is 64.6 Å². The van der Waals surface area contributed by atoms with Crippen molar-refractivity contribution in [3.05, 3.63) is 0 Å². The van der Waals surface area contributed by atoms with E-state index in [1.54, 1.807) is 0 Å². The first-order valence-electron chi connectivity index (χ1n) is 3.54. The summed E-state index contributed by atoms with van der Waals surface area (Å²) in [6, 6.07) is 0. The average Bonchev–Trinajstić information content (AvgIpc) is 1.89. The van der Waals surface area contributed by atoms with Crippen molar-refractivity contribution in [2.45, 2.75) is 39.8 Å². The van der Waals surface area contributed by atoms with Crippen LogP contribution in [0.25, 0.3) is 0 Å². The first-order chi connectivity index (χ1) is 4.95. The molecule has 0 aromatic carbocycles. The zero-order chi connectivity index (χ0) is 9.49. The van der Waals surface area contributed by atoms with Crippen LogP contribution in [0.15, 0.2) is 0 Å². The van der Waals surface area contributed by atoms with Crippen molar-refractivity contribution in [3.63, 3.8) is 0 Å². The van der Waals surface area contributed by atoms with Gasteiger partial charge in [0.1, 0.15) is 12.2 Å². The van der Waals surface area contributed by atoms with Gasteiger partial charge in [0.2, 0.25) is 0 Å². The summed E-state index contributed by atoms with van der Waals surface area (Å²) in [6.07, 6.45) is -5.66. The first kappa shape index (κ1) is 13.1. The Kier molecular flexibility index (Phi) is 7.36. The van der Waals surface area contributed by atoms with E-state index >= 15 is 0 Å². The Bertz CT molecular complexity index is 107. The van der Waals surface area contributed by atoms with E-state index in [1.165, 1.54) is 6.92 Å². The van der Waals surface area contributed by atoms with Gasteiger partial charge in [-0.3, -0.25) is 4.79 Å². The van der Waals surface area contributed by atoms with Crippen LogP contribution in [0.5, 0.6) is 0 Å². The quantitative estimate of drug-likeness (QED) is 0.622. The fourth-order valence-corrected chi connectivity index (χ4v) is 0.349. The zero-order valence-electron chi connectivity index (χ0n) is 6.96. The molecule has 11 heavy (non-hydrogen) atoms. The van der Waals surface area contributed by atoms with Crippen molar-refractivity contribution >= 4 is 5.78 Å². The second-order valence-electron chi connectivity index (χ2n) is 1.68. The minimum Gasteiger partial charge on any atom is -0.299 e. The highest BCUT2D eigenvalue weighted by molar-refractivity contribution is 5.78. The summed E-state index contributed by atoms with van der Waals surface area (Å²) in [5.74, 6) is -0.762. The number of ketones is 1. The van der Waals surface area contributed by atoms with Gasteiger partial charge in [-0.05, 0) is 0 Å². The van der Waals surface area contributed by atoms with E-state index in [9.17, 15) is 18.0 Å². The molecule has 0 bridgehead atoms. The molecule has 1 nitrogen and oxygen atoms in total. The molecule has 4 heteroatoms. The van der Waals surface area contributed by atoms with Crippen molar-refractivity contribution in [3.8, 4) is 0 Å². The van der Waals surface area contributed by atoms with Crippen LogP contribution in [0.3, 0.4) is 0 Å². The van der Waals surface area contributed by atoms with Crippen molar-refractivity contribution in [1.82, 2.24) is 0 Å². The topological polar surface area (TPSA) is 17.1 Å². The summed E-state index contributed by atoms with van der Waals surface area (Å²) >= 11 is 0. The normalized spacial score (nSPS) is 10.0. The van der Waals surface area contributed by atoms with Crippen LogP contribution in [-0.2, 0) is 4.79 Å². The summed E-state index contributed by atoms with van der Waals surface area (Å²) in [5.41, 5.74) is 0. The molecule has 0 heterocycles. The lowest BCUT2D eigenvalue weighted by atomic mass is 10.2. The maximum atomic E-state index is 11.3. The molecule has 0 saturated heterocycles. The number of hydrogen-bond donors (Lipinski definition) is 0. The van der Waals surface area contributed by atoms with Gasteiger partial charge in [0, 0.05) is 6.42 Å². The van der Waals surface area contributed by atoms with Crippen molar-refractivity contribution in [2.75, 3.05) is 0 Å². The van der Waals surface area contributed by atoms with E-state index in [4.69, 9.17) is 0 Å². The lowest BCUT2D eigenvalue weighted by Crippen LogP contribution is -2.13. The van der Waals surface area contributed by atoms with Gasteiger partial charge in [-0.15, -0.1) is 0 Å².